The molecular formula is C14H16N2O2S. The predicted octanol–water partition coefficient (Wildman–Crippen LogP) is 2.76. The molecule has 0 fully saturated rings. The van der Waals surface area contributed by atoms with E-state index in [2.05, 4.69) is 18.8 Å². The largest absolute Gasteiger partial charge is 0.508 e. The molecule has 100 valence electrons. The molecule has 0 amide bonds. The third kappa shape index (κ3) is 3.61. The minimum Gasteiger partial charge on any atom is -0.508 e. The SMILES string of the molecule is CC(C)Cn1ccnc(Sc2cccc(O)c2)c1=O. The van der Waals surface area contributed by atoms with Crippen molar-refractivity contribution in [2.24, 2.45) is 5.92 Å². The summed E-state index contributed by atoms with van der Waals surface area (Å²) in [5.41, 5.74) is -0.0930. The van der Waals surface area contributed by atoms with Crippen LogP contribution in [0.4, 0.5) is 0 Å². The topological polar surface area (TPSA) is 55.1 Å². The Morgan fingerprint density at radius 1 is 1.42 bits per heavy atom. The van der Waals surface area contributed by atoms with Gasteiger partial charge in [0.15, 0.2) is 5.03 Å². The van der Waals surface area contributed by atoms with Crippen molar-refractivity contribution in [1.29, 1.82) is 0 Å². The molecule has 4 nitrogen and oxygen atoms in total. The maximum atomic E-state index is 12.2. The number of benzene rings is 1. The molecule has 19 heavy (non-hydrogen) atoms. The third-order valence-electron chi connectivity index (χ3n) is 2.48. The average Bonchev–Trinajstić information content (AvgIpc) is 2.34. The second-order valence-corrected chi connectivity index (χ2v) is 5.75. The highest BCUT2D eigenvalue weighted by atomic mass is 32.2. The fourth-order valence-electron chi connectivity index (χ4n) is 1.69. The molecule has 0 spiro atoms. The van der Waals surface area contributed by atoms with Gasteiger partial charge in [-0.1, -0.05) is 31.7 Å². The van der Waals surface area contributed by atoms with Gasteiger partial charge in [0.25, 0.3) is 5.56 Å². The summed E-state index contributed by atoms with van der Waals surface area (Å²) in [5, 5.41) is 9.84. The number of aromatic hydroxyl groups is 1. The van der Waals surface area contributed by atoms with Gasteiger partial charge in [-0.2, -0.15) is 0 Å². The first kappa shape index (κ1) is 13.7. The van der Waals surface area contributed by atoms with Gasteiger partial charge >= 0.3 is 0 Å². The van der Waals surface area contributed by atoms with Gasteiger partial charge in [0, 0.05) is 23.8 Å². The van der Waals surface area contributed by atoms with Gasteiger partial charge in [0.05, 0.1) is 0 Å². The Hall–Kier alpha value is -1.75. The molecule has 0 aliphatic heterocycles. The van der Waals surface area contributed by atoms with Crippen LogP contribution in [0.2, 0.25) is 0 Å². The van der Waals surface area contributed by atoms with Crippen molar-refractivity contribution in [2.75, 3.05) is 0 Å². The Morgan fingerprint density at radius 2 is 2.21 bits per heavy atom. The summed E-state index contributed by atoms with van der Waals surface area (Å²) in [6.07, 6.45) is 3.34. The van der Waals surface area contributed by atoms with Gasteiger partial charge in [0.2, 0.25) is 0 Å². The Bertz CT molecular complexity index is 623. The standard InChI is InChI=1S/C14H16N2O2S/c1-10(2)9-16-7-6-15-13(14(16)18)19-12-5-3-4-11(17)8-12/h3-8,10,17H,9H2,1-2H3. The molecule has 1 N–H and O–H groups in total. The normalized spacial score (nSPS) is 10.9. The fourth-order valence-corrected chi connectivity index (χ4v) is 2.56. The highest BCUT2D eigenvalue weighted by Crippen LogP contribution is 2.26. The highest BCUT2D eigenvalue weighted by Gasteiger charge is 2.08. The first-order chi connectivity index (χ1) is 9.06. The van der Waals surface area contributed by atoms with E-state index in [1.54, 1.807) is 35.2 Å². The van der Waals surface area contributed by atoms with Gasteiger partial charge < -0.3 is 9.67 Å². The van der Waals surface area contributed by atoms with E-state index in [9.17, 15) is 9.90 Å². The Kier molecular flexibility index (Phi) is 4.27. The number of aromatic nitrogens is 2. The Labute approximate surface area is 116 Å². The zero-order valence-corrected chi connectivity index (χ0v) is 11.7. The van der Waals surface area contributed by atoms with Crippen LogP contribution in [0.15, 0.2) is 51.4 Å². The van der Waals surface area contributed by atoms with Crippen molar-refractivity contribution in [2.45, 2.75) is 30.3 Å². The summed E-state index contributed by atoms with van der Waals surface area (Å²) in [4.78, 5) is 17.1. The number of phenols is 1. The average molecular weight is 276 g/mol. The van der Waals surface area contributed by atoms with Crippen LogP contribution >= 0.6 is 11.8 Å². The zero-order valence-electron chi connectivity index (χ0n) is 10.9. The van der Waals surface area contributed by atoms with Crippen molar-refractivity contribution in [3.05, 3.63) is 47.0 Å². The number of rotatable bonds is 4. The summed E-state index contributed by atoms with van der Waals surface area (Å²) in [5.74, 6) is 0.585. The van der Waals surface area contributed by atoms with Crippen molar-refractivity contribution in [3.63, 3.8) is 0 Å². The predicted molar refractivity (Wildman–Crippen MR) is 75.6 cm³/mol. The van der Waals surface area contributed by atoms with Gasteiger partial charge in [-0.25, -0.2) is 4.98 Å². The van der Waals surface area contributed by atoms with Crippen LogP contribution in [-0.2, 0) is 6.54 Å². The van der Waals surface area contributed by atoms with Gasteiger partial charge in [-0.3, -0.25) is 4.79 Å². The van der Waals surface area contributed by atoms with Crippen molar-refractivity contribution in [3.8, 4) is 5.75 Å². The molecule has 0 aliphatic carbocycles. The fraction of sp³-hybridized carbons (Fsp3) is 0.286. The molecule has 1 aromatic carbocycles. The Balaban J connectivity index is 2.28. The van der Waals surface area contributed by atoms with E-state index in [0.29, 0.717) is 17.5 Å². The van der Waals surface area contributed by atoms with E-state index in [1.807, 2.05) is 6.07 Å². The Morgan fingerprint density at radius 3 is 2.89 bits per heavy atom. The molecule has 0 aliphatic rings. The molecule has 0 atom stereocenters. The molecule has 1 aromatic heterocycles. The van der Waals surface area contributed by atoms with Crippen LogP contribution in [0.5, 0.6) is 5.75 Å². The molecule has 0 radical (unpaired) electrons. The number of hydrogen-bond donors (Lipinski definition) is 1. The maximum absolute atomic E-state index is 12.2. The van der Waals surface area contributed by atoms with Crippen LogP contribution in [0.1, 0.15) is 13.8 Å². The minimum atomic E-state index is -0.0930. The highest BCUT2D eigenvalue weighted by molar-refractivity contribution is 7.99. The van der Waals surface area contributed by atoms with E-state index in [4.69, 9.17) is 0 Å². The molecule has 0 saturated heterocycles. The van der Waals surface area contributed by atoms with Crippen molar-refractivity contribution in [1.82, 2.24) is 9.55 Å². The molecule has 0 bridgehead atoms. The lowest BCUT2D eigenvalue weighted by Crippen LogP contribution is -2.23. The summed E-state index contributed by atoms with van der Waals surface area (Å²) in [7, 11) is 0. The van der Waals surface area contributed by atoms with Crippen molar-refractivity contribution < 1.29 is 5.11 Å². The lowest BCUT2D eigenvalue weighted by Gasteiger charge is -2.09. The molecule has 0 saturated carbocycles. The number of nitrogens with zero attached hydrogens (tertiary/aromatic N) is 2. The molecule has 1 heterocycles. The first-order valence-electron chi connectivity index (χ1n) is 6.08. The van der Waals surface area contributed by atoms with Gasteiger partial charge in [-0.15, -0.1) is 0 Å². The minimum absolute atomic E-state index is 0.0930. The monoisotopic (exact) mass is 276 g/mol. The molecule has 5 heteroatoms. The molecule has 0 unspecified atom stereocenters. The van der Waals surface area contributed by atoms with Crippen LogP contribution in [-0.4, -0.2) is 14.7 Å². The lowest BCUT2D eigenvalue weighted by atomic mass is 10.2. The second-order valence-electron chi connectivity index (χ2n) is 4.68. The maximum Gasteiger partial charge on any atom is 0.283 e. The molecular weight excluding hydrogens is 260 g/mol. The van der Waals surface area contributed by atoms with E-state index in [1.165, 1.54) is 11.8 Å². The molecule has 2 aromatic rings. The third-order valence-corrected chi connectivity index (χ3v) is 3.44. The summed E-state index contributed by atoms with van der Waals surface area (Å²) in [6, 6.07) is 6.80. The van der Waals surface area contributed by atoms with Gasteiger partial charge in [-0.05, 0) is 24.1 Å². The smallest absolute Gasteiger partial charge is 0.283 e. The van der Waals surface area contributed by atoms with Crippen LogP contribution in [0.3, 0.4) is 0 Å². The summed E-state index contributed by atoms with van der Waals surface area (Å²) < 4.78 is 1.67. The number of hydrogen-bond acceptors (Lipinski definition) is 4. The zero-order chi connectivity index (χ0) is 13.8. The quantitative estimate of drug-likeness (QED) is 0.933. The van der Waals surface area contributed by atoms with E-state index < -0.39 is 0 Å². The van der Waals surface area contributed by atoms with Gasteiger partial charge in [0.1, 0.15) is 5.75 Å². The summed E-state index contributed by atoms with van der Waals surface area (Å²) in [6.45, 7) is 4.80. The van der Waals surface area contributed by atoms with Crippen molar-refractivity contribution >= 4 is 11.8 Å². The summed E-state index contributed by atoms with van der Waals surface area (Å²) >= 11 is 1.27. The molecule has 2 rings (SSSR count). The van der Waals surface area contributed by atoms with E-state index >= 15 is 0 Å². The second kappa shape index (κ2) is 5.93. The van der Waals surface area contributed by atoms with E-state index in [0.717, 1.165) is 4.90 Å². The number of phenolic OH excluding ortho intramolecular Hbond substituents is 1. The van der Waals surface area contributed by atoms with E-state index in [-0.39, 0.29) is 11.3 Å². The first-order valence-corrected chi connectivity index (χ1v) is 6.90. The van der Waals surface area contributed by atoms with Crippen LogP contribution < -0.4 is 5.56 Å². The lowest BCUT2D eigenvalue weighted by molar-refractivity contribution is 0.474. The van der Waals surface area contributed by atoms with Crippen LogP contribution in [0.25, 0.3) is 0 Å². The van der Waals surface area contributed by atoms with Crippen LogP contribution in [0, 0.1) is 5.92 Å².